The quantitative estimate of drug-likeness (QED) is 0.575. The lowest BCUT2D eigenvalue weighted by Gasteiger charge is -2.26. The molecule has 28 heavy (non-hydrogen) atoms. The molecule has 1 amide bonds. The Morgan fingerprint density at radius 2 is 2.00 bits per heavy atom. The largest absolute Gasteiger partial charge is 0.464 e. The molecule has 8 heteroatoms. The number of amides is 1. The van der Waals surface area contributed by atoms with E-state index in [-0.39, 0.29) is 29.7 Å². The number of aryl methyl sites for hydroxylation is 2. The molecule has 2 aromatic heterocycles. The van der Waals surface area contributed by atoms with Gasteiger partial charge in [-0.1, -0.05) is 15.9 Å². The molecule has 1 aromatic carbocycles. The number of benzene rings is 1. The second-order valence-electron chi connectivity index (χ2n) is 7.20. The van der Waals surface area contributed by atoms with Crippen LogP contribution in [0.15, 0.2) is 43.6 Å². The molecule has 3 aromatic rings. The van der Waals surface area contributed by atoms with E-state index in [2.05, 4.69) is 15.9 Å². The number of halogens is 1. The summed E-state index contributed by atoms with van der Waals surface area (Å²) in [7, 11) is -3.14. The number of fused-ring (bicyclic) bond motifs is 1. The number of rotatable bonds is 4. The van der Waals surface area contributed by atoms with Gasteiger partial charge in [-0.05, 0) is 50.6 Å². The van der Waals surface area contributed by atoms with Gasteiger partial charge in [0.2, 0.25) is 0 Å². The van der Waals surface area contributed by atoms with Gasteiger partial charge in [0.25, 0.3) is 5.91 Å². The number of furan rings is 2. The first-order valence-electron chi connectivity index (χ1n) is 8.99. The van der Waals surface area contributed by atoms with Crippen molar-refractivity contribution in [1.29, 1.82) is 0 Å². The molecular weight excluding hydrogens is 446 g/mol. The second kappa shape index (κ2) is 7.08. The Morgan fingerprint density at radius 3 is 2.64 bits per heavy atom. The zero-order chi connectivity index (χ0) is 20.1. The first-order chi connectivity index (χ1) is 13.2. The molecule has 1 aliphatic heterocycles. The standard InChI is InChI=1S/C20H20BrNO5S/c1-12-3-5-16(26-12)10-22(15-7-8-28(24,25)11-15)20(23)19-13(2)17-9-14(21)4-6-18(17)27-19/h3-6,9,15H,7-8,10-11H2,1-2H3. The predicted molar refractivity (Wildman–Crippen MR) is 109 cm³/mol. The third-order valence-corrected chi connectivity index (χ3v) is 7.37. The zero-order valence-corrected chi connectivity index (χ0v) is 18.0. The summed E-state index contributed by atoms with van der Waals surface area (Å²) in [4.78, 5) is 15.0. The lowest BCUT2D eigenvalue weighted by molar-refractivity contribution is 0.0634. The highest BCUT2D eigenvalue weighted by molar-refractivity contribution is 9.10. The van der Waals surface area contributed by atoms with Gasteiger partial charge in [0.1, 0.15) is 17.1 Å². The van der Waals surface area contributed by atoms with Crippen LogP contribution in [-0.4, -0.2) is 36.8 Å². The van der Waals surface area contributed by atoms with E-state index < -0.39 is 15.9 Å². The molecule has 148 valence electrons. The lowest BCUT2D eigenvalue weighted by atomic mass is 10.1. The monoisotopic (exact) mass is 465 g/mol. The zero-order valence-electron chi connectivity index (χ0n) is 15.6. The molecule has 6 nitrogen and oxygen atoms in total. The Morgan fingerprint density at radius 1 is 1.21 bits per heavy atom. The minimum absolute atomic E-state index is 0.0384. The minimum atomic E-state index is -3.14. The molecule has 0 bridgehead atoms. The van der Waals surface area contributed by atoms with Gasteiger partial charge in [-0.25, -0.2) is 8.42 Å². The number of hydrogen-bond donors (Lipinski definition) is 0. The normalized spacial score (nSPS) is 18.6. The Bertz CT molecular complexity index is 1160. The minimum Gasteiger partial charge on any atom is -0.464 e. The molecule has 1 fully saturated rings. The number of sulfone groups is 1. The van der Waals surface area contributed by atoms with Crippen LogP contribution in [0.1, 0.15) is 34.1 Å². The molecule has 1 atom stereocenters. The van der Waals surface area contributed by atoms with Crippen LogP contribution in [-0.2, 0) is 16.4 Å². The van der Waals surface area contributed by atoms with Crippen molar-refractivity contribution in [2.45, 2.75) is 32.9 Å². The second-order valence-corrected chi connectivity index (χ2v) is 10.3. The summed E-state index contributed by atoms with van der Waals surface area (Å²) in [6.07, 6.45) is 0.415. The van der Waals surface area contributed by atoms with E-state index in [1.54, 1.807) is 4.90 Å². The van der Waals surface area contributed by atoms with Gasteiger partial charge in [0, 0.05) is 21.5 Å². The van der Waals surface area contributed by atoms with E-state index in [9.17, 15) is 13.2 Å². The average Bonchev–Trinajstić information content (AvgIpc) is 3.30. The molecule has 3 heterocycles. The number of hydrogen-bond acceptors (Lipinski definition) is 5. The number of carbonyl (C=O) groups is 1. The molecule has 1 saturated heterocycles. The maximum Gasteiger partial charge on any atom is 0.290 e. The molecule has 0 spiro atoms. The molecule has 1 unspecified atom stereocenters. The van der Waals surface area contributed by atoms with Crippen LogP contribution in [0.25, 0.3) is 11.0 Å². The Kier molecular flexibility index (Phi) is 4.87. The maximum atomic E-state index is 13.4. The van der Waals surface area contributed by atoms with Crippen molar-refractivity contribution in [2.24, 2.45) is 0 Å². The first-order valence-corrected chi connectivity index (χ1v) is 11.6. The van der Waals surface area contributed by atoms with Gasteiger partial charge in [-0.3, -0.25) is 4.79 Å². The average molecular weight is 466 g/mol. The van der Waals surface area contributed by atoms with Crippen LogP contribution in [0.5, 0.6) is 0 Å². The predicted octanol–water partition coefficient (Wildman–Crippen LogP) is 4.23. The van der Waals surface area contributed by atoms with E-state index in [1.807, 2.05) is 44.2 Å². The third-order valence-electron chi connectivity index (χ3n) is 5.12. The molecule has 0 radical (unpaired) electrons. The van der Waals surface area contributed by atoms with Crippen molar-refractivity contribution >= 4 is 42.6 Å². The molecule has 0 N–H and O–H groups in total. The maximum absolute atomic E-state index is 13.4. The Hall–Kier alpha value is -2.06. The van der Waals surface area contributed by atoms with Gasteiger partial charge in [0.15, 0.2) is 15.6 Å². The van der Waals surface area contributed by atoms with Gasteiger partial charge in [0.05, 0.1) is 18.1 Å². The molecule has 4 rings (SSSR count). The highest BCUT2D eigenvalue weighted by Crippen LogP contribution is 2.31. The Balaban J connectivity index is 1.73. The highest BCUT2D eigenvalue weighted by atomic mass is 79.9. The van der Waals surface area contributed by atoms with Crippen molar-refractivity contribution in [3.63, 3.8) is 0 Å². The summed E-state index contributed by atoms with van der Waals surface area (Å²) in [5, 5.41) is 0.852. The van der Waals surface area contributed by atoms with Crippen molar-refractivity contribution in [2.75, 3.05) is 11.5 Å². The highest BCUT2D eigenvalue weighted by Gasteiger charge is 2.37. The summed E-state index contributed by atoms with van der Waals surface area (Å²) < 4.78 is 36.4. The summed E-state index contributed by atoms with van der Waals surface area (Å²) in [5.41, 5.74) is 1.36. The van der Waals surface area contributed by atoms with E-state index in [0.717, 1.165) is 21.2 Å². The fourth-order valence-corrected chi connectivity index (χ4v) is 5.75. The van der Waals surface area contributed by atoms with Gasteiger partial charge < -0.3 is 13.7 Å². The van der Waals surface area contributed by atoms with Crippen molar-refractivity contribution < 1.29 is 22.0 Å². The fraction of sp³-hybridized carbons (Fsp3) is 0.350. The van der Waals surface area contributed by atoms with Crippen molar-refractivity contribution in [3.8, 4) is 0 Å². The fourth-order valence-electron chi connectivity index (χ4n) is 3.65. The summed E-state index contributed by atoms with van der Waals surface area (Å²) in [6.45, 7) is 3.87. The van der Waals surface area contributed by atoms with Gasteiger partial charge >= 0.3 is 0 Å². The van der Waals surface area contributed by atoms with Crippen LogP contribution in [0.3, 0.4) is 0 Å². The molecular formula is C20H20BrNO5S. The van der Waals surface area contributed by atoms with Crippen LogP contribution >= 0.6 is 15.9 Å². The van der Waals surface area contributed by atoms with Crippen molar-refractivity contribution in [3.05, 3.63) is 57.6 Å². The van der Waals surface area contributed by atoms with Crippen LogP contribution in [0.2, 0.25) is 0 Å². The number of nitrogens with zero attached hydrogens (tertiary/aromatic N) is 1. The van der Waals surface area contributed by atoms with E-state index >= 15 is 0 Å². The lowest BCUT2D eigenvalue weighted by Crippen LogP contribution is -2.40. The topological polar surface area (TPSA) is 80.7 Å². The molecule has 0 saturated carbocycles. The SMILES string of the molecule is Cc1ccc(CN(C(=O)c2oc3ccc(Br)cc3c2C)C2CCS(=O)(=O)C2)o1. The molecule has 0 aliphatic carbocycles. The van der Waals surface area contributed by atoms with Gasteiger partial charge in [-0.15, -0.1) is 0 Å². The van der Waals surface area contributed by atoms with Crippen LogP contribution in [0, 0.1) is 13.8 Å². The third kappa shape index (κ3) is 3.63. The van der Waals surface area contributed by atoms with E-state index in [1.165, 1.54) is 0 Å². The summed E-state index contributed by atoms with van der Waals surface area (Å²) in [5.74, 6) is 1.33. The molecule has 1 aliphatic rings. The first kappa shape index (κ1) is 19.3. The Labute approximate surface area is 171 Å². The van der Waals surface area contributed by atoms with Crippen LogP contribution in [0.4, 0.5) is 0 Å². The van der Waals surface area contributed by atoms with Crippen molar-refractivity contribution in [1.82, 2.24) is 4.90 Å². The smallest absolute Gasteiger partial charge is 0.290 e. The van der Waals surface area contributed by atoms with E-state index in [0.29, 0.717) is 17.8 Å². The summed E-state index contributed by atoms with van der Waals surface area (Å²) >= 11 is 3.44. The summed E-state index contributed by atoms with van der Waals surface area (Å²) in [6, 6.07) is 8.80. The number of carbonyl (C=O) groups excluding carboxylic acids is 1. The van der Waals surface area contributed by atoms with Gasteiger partial charge in [-0.2, -0.15) is 0 Å². The van der Waals surface area contributed by atoms with E-state index in [4.69, 9.17) is 8.83 Å². The van der Waals surface area contributed by atoms with Crippen LogP contribution < -0.4 is 0 Å².